The number of ketones is 2. The molecule has 1 aliphatic heterocycles. The van der Waals surface area contributed by atoms with Gasteiger partial charge in [0, 0.05) is 17.5 Å². The van der Waals surface area contributed by atoms with Gasteiger partial charge in [-0.05, 0) is 76.5 Å². The number of benzene rings is 1. The molecule has 5 rings (SSSR count). The van der Waals surface area contributed by atoms with E-state index in [1.807, 2.05) is 0 Å². The molecule has 216 valence electrons. The Morgan fingerprint density at radius 2 is 1.85 bits per heavy atom. The largest absolute Gasteiger partial charge is 0.508 e. The Bertz CT molecular complexity index is 1420. The SMILES string of the molecule is CN(C)[C@@H]1C(=O)C(C(N)=O)=C(O)[C@@]2(O)C(=O)C3=C(O)c4c(O)cc([C@@H]5CCCN5C)c(C(F)(F)F)c4C[C@H]3C[C@@H]12. The summed E-state index contributed by atoms with van der Waals surface area (Å²) in [7, 11) is 4.57. The molecule has 1 amide bonds. The molecule has 0 aromatic heterocycles. The summed E-state index contributed by atoms with van der Waals surface area (Å²) in [5.41, 5.74) is -1.13. The Morgan fingerprint density at radius 1 is 1.20 bits per heavy atom. The molecule has 1 saturated heterocycles. The lowest BCUT2D eigenvalue weighted by Crippen LogP contribution is -2.65. The monoisotopic (exact) mass is 565 g/mol. The van der Waals surface area contributed by atoms with Gasteiger partial charge in [-0.1, -0.05) is 0 Å². The van der Waals surface area contributed by atoms with E-state index in [0.717, 1.165) is 6.07 Å². The Labute approximate surface area is 227 Å². The molecule has 1 heterocycles. The number of aliphatic hydroxyl groups is 3. The summed E-state index contributed by atoms with van der Waals surface area (Å²) in [5.74, 6) is -8.94. The molecule has 5 atom stereocenters. The second-order valence-electron chi connectivity index (χ2n) is 11.3. The highest BCUT2D eigenvalue weighted by Crippen LogP contribution is 2.55. The number of aliphatic hydroxyl groups excluding tert-OH is 2. The van der Waals surface area contributed by atoms with E-state index in [1.165, 1.54) is 19.0 Å². The van der Waals surface area contributed by atoms with Crippen molar-refractivity contribution < 1.29 is 48.0 Å². The molecule has 40 heavy (non-hydrogen) atoms. The summed E-state index contributed by atoms with van der Waals surface area (Å²) in [6.07, 6.45) is -4.49. The number of nitrogens with two attached hydrogens (primary N) is 1. The Hall–Kier alpha value is -3.42. The molecule has 6 N–H and O–H groups in total. The van der Waals surface area contributed by atoms with Crippen LogP contribution < -0.4 is 5.73 Å². The van der Waals surface area contributed by atoms with E-state index in [0.29, 0.717) is 19.4 Å². The van der Waals surface area contributed by atoms with Crippen LogP contribution in [0.3, 0.4) is 0 Å². The Morgan fingerprint density at radius 3 is 2.38 bits per heavy atom. The van der Waals surface area contributed by atoms with Gasteiger partial charge in [-0.15, -0.1) is 0 Å². The van der Waals surface area contributed by atoms with E-state index in [2.05, 4.69) is 0 Å². The van der Waals surface area contributed by atoms with Crippen molar-refractivity contribution in [1.29, 1.82) is 0 Å². The van der Waals surface area contributed by atoms with Crippen LogP contribution in [0.15, 0.2) is 23.0 Å². The van der Waals surface area contributed by atoms with Crippen LogP contribution in [0.5, 0.6) is 5.75 Å². The molecule has 0 bridgehead atoms. The van der Waals surface area contributed by atoms with E-state index < -0.39 is 99.1 Å². The van der Waals surface area contributed by atoms with Gasteiger partial charge in [0.2, 0.25) is 5.78 Å². The highest BCUT2D eigenvalue weighted by molar-refractivity contribution is 6.24. The fourth-order valence-electron chi connectivity index (χ4n) is 7.25. The van der Waals surface area contributed by atoms with Crippen LogP contribution in [0.4, 0.5) is 13.2 Å². The zero-order chi connectivity index (χ0) is 29.6. The predicted molar refractivity (Wildman–Crippen MR) is 134 cm³/mol. The number of fused-ring (bicyclic) bond motifs is 3. The third-order valence-electron chi connectivity index (χ3n) is 8.92. The number of likely N-dealkylation sites (tertiary alicyclic amines) is 1. The molecule has 0 unspecified atom stereocenters. The molecule has 1 aromatic carbocycles. The summed E-state index contributed by atoms with van der Waals surface area (Å²) >= 11 is 0. The molecular formula is C27H30F3N3O7. The van der Waals surface area contributed by atoms with E-state index >= 15 is 0 Å². The third-order valence-corrected chi connectivity index (χ3v) is 8.92. The number of phenolic OH excluding ortho intramolecular Hbond substituents is 1. The second kappa shape index (κ2) is 9.05. The van der Waals surface area contributed by atoms with E-state index in [1.54, 1.807) is 11.9 Å². The summed E-state index contributed by atoms with van der Waals surface area (Å²) in [4.78, 5) is 42.2. The van der Waals surface area contributed by atoms with Gasteiger partial charge in [0.25, 0.3) is 5.91 Å². The number of rotatable bonds is 3. The molecule has 1 saturated carbocycles. The van der Waals surface area contributed by atoms with Crippen LogP contribution in [0.2, 0.25) is 0 Å². The molecule has 13 heteroatoms. The van der Waals surface area contributed by atoms with Crippen molar-refractivity contribution in [1.82, 2.24) is 9.80 Å². The van der Waals surface area contributed by atoms with Crippen LogP contribution in [0.25, 0.3) is 5.76 Å². The fraction of sp³-hybridized carbons (Fsp3) is 0.519. The molecule has 3 aliphatic carbocycles. The number of halogens is 3. The van der Waals surface area contributed by atoms with E-state index in [-0.39, 0.29) is 17.5 Å². The number of alkyl halides is 3. The summed E-state index contributed by atoms with van der Waals surface area (Å²) in [6, 6.07) is -0.992. The van der Waals surface area contributed by atoms with Gasteiger partial charge in [-0.25, -0.2) is 0 Å². The van der Waals surface area contributed by atoms with Gasteiger partial charge in [0.05, 0.1) is 17.2 Å². The van der Waals surface area contributed by atoms with E-state index in [4.69, 9.17) is 5.73 Å². The maximum Gasteiger partial charge on any atom is 0.417 e. The van der Waals surface area contributed by atoms with Crippen molar-refractivity contribution in [3.8, 4) is 5.75 Å². The number of phenols is 1. The van der Waals surface area contributed by atoms with Gasteiger partial charge >= 0.3 is 6.18 Å². The number of hydrogen-bond donors (Lipinski definition) is 5. The topological polar surface area (TPSA) is 165 Å². The van der Waals surface area contributed by atoms with Crippen molar-refractivity contribution >= 4 is 23.2 Å². The number of hydrogen-bond acceptors (Lipinski definition) is 9. The summed E-state index contributed by atoms with van der Waals surface area (Å²) in [6.45, 7) is 0.566. The van der Waals surface area contributed by atoms with Crippen LogP contribution in [-0.2, 0) is 27.0 Å². The van der Waals surface area contributed by atoms with Gasteiger partial charge in [-0.2, -0.15) is 13.2 Å². The number of aromatic hydroxyl groups is 1. The predicted octanol–water partition coefficient (Wildman–Crippen LogP) is 1.75. The maximum atomic E-state index is 14.7. The summed E-state index contributed by atoms with van der Waals surface area (Å²) in [5, 5.41) is 44.6. The lowest BCUT2D eigenvalue weighted by atomic mass is 9.57. The van der Waals surface area contributed by atoms with Crippen LogP contribution in [0, 0.1) is 11.8 Å². The minimum absolute atomic E-state index is 0.135. The number of nitrogens with zero attached hydrogens (tertiary/aromatic N) is 2. The number of primary amides is 1. The average molecular weight is 566 g/mol. The number of carbonyl (C=O) groups is 3. The number of amides is 1. The van der Waals surface area contributed by atoms with Crippen LogP contribution in [-0.4, -0.2) is 87.0 Å². The van der Waals surface area contributed by atoms with Crippen molar-refractivity contribution in [2.75, 3.05) is 27.7 Å². The molecule has 4 aliphatic rings. The van der Waals surface area contributed by atoms with Gasteiger partial charge < -0.3 is 26.2 Å². The molecular weight excluding hydrogens is 535 g/mol. The van der Waals surface area contributed by atoms with Crippen LogP contribution in [0.1, 0.15) is 47.6 Å². The first-order valence-electron chi connectivity index (χ1n) is 12.8. The zero-order valence-electron chi connectivity index (χ0n) is 22.0. The van der Waals surface area contributed by atoms with Gasteiger partial charge in [0.1, 0.15) is 22.8 Å². The van der Waals surface area contributed by atoms with Crippen molar-refractivity contribution in [2.24, 2.45) is 17.6 Å². The van der Waals surface area contributed by atoms with Crippen LogP contribution >= 0.6 is 0 Å². The minimum Gasteiger partial charge on any atom is -0.508 e. The number of Topliss-reactive ketones (excluding diaryl/α,β-unsaturated/α-hetero) is 2. The minimum atomic E-state index is -4.86. The van der Waals surface area contributed by atoms with Gasteiger partial charge in [0.15, 0.2) is 11.4 Å². The van der Waals surface area contributed by atoms with Gasteiger partial charge in [-0.3, -0.25) is 24.2 Å². The first-order chi connectivity index (χ1) is 18.5. The number of likely N-dealkylation sites (N-methyl/N-ethyl adjacent to an activating group) is 1. The first kappa shape index (κ1) is 28.1. The Balaban J connectivity index is 1.76. The zero-order valence-corrected chi connectivity index (χ0v) is 22.0. The lowest BCUT2D eigenvalue weighted by molar-refractivity contribution is -0.153. The van der Waals surface area contributed by atoms with E-state index in [9.17, 15) is 48.0 Å². The Kier molecular flexibility index (Phi) is 6.36. The normalized spacial score (nSPS) is 31.0. The fourth-order valence-corrected chi connectivity index (χ4v) is 7.25. The average Bonchev–Trinajstić information content (AvgIpc) is 3.25. The third kappa shape index (κ3) is 3.71. The molecule has 0 spiro atoms. The van der Waals surface area contributed by atoms with Crippen molar-refractivity contribution in [3.63, 3.8) is 0 Å². The molecule has 1 aromatic rings. The standard InChI is InChI=1S/C27H30F3N3O7/c1-32(2)20-13-8-10-7-12-17(15(34)9-11(19(12)27(28,29)30)14-5-4-6-33(14)3)21(35)16(10)23(37)26(13,40)24(38)18(22(20)36)25(31)39/h9-10,13-14,20,34-35,38,40H,4-8H2,1-3H3,(H2,31,39)/t10-,13-,14-,20-,26-/m0/s1. The number of carbonyl (C=O) groups excluding carboxylic acids is 3. The molecule has 2 fully saturated rings. The highest BCUT2D eigenvalue weighted by atomic mass is 19.4. The molecule has 0 radical (unpaired) electrons. The molecule has 10 nitrogen and oxygen atoms in total. The van der Waals surface area contributed by atoms with Crippen molar-refractivity contribution in [3.05, 3.63) is 45.2 Å². The first-order valence-corrected chi connectivity index (χ1v) is 12.8. The second-order valence-corrected chi connectivity index (χ2v) is 11.3. The maximum absolute atomic E-state index is 14.7. The summed E-state index contributed by atoms with van der Waals surface area (Å²) < 4.78 is 44.0. The van der Waals surface area contributed by atoms with Crippen molar-refractivity contribution in [2.45, 2.75) is 49.5 Å². The highest BCUT2D eigenvalue weighted by Gasteiger charge is 2.64. The lowest BCUT2D eigenvalue weighted by Gasteiger charge is -2.50. The quantitative estimate of drug-likeness (QED) is 0.344. The smallest absolute Gasteiger partial charge is 0.417 e.